The molecule has 0 aliphatic carbocycles. The van der Waals surface area contributed by atoms with Crippen LogP contribution in [-0.2, 0) is 6.54 Å². The Kier molecular flexibility index (Phi) is 4.80. The number of allylic oxidation sites excluding steroid dienone is 1. The Hall–Kier alpha value is -3.09. The summed E-state index contributed by atoms with van der Waals surface area (Å²) >= 11 is 0. The van der Waals surface area contributed by atoms with Gasteiger partial charge in [0.05, 0.1) is 26.5 Å². The summed E-state index contributed by atoms with van der Waals surface area (Å²) in [5, 5.41) is 13.4. The number of methoxy groups -OCH3 is 2. The number of benzene rings is 1. The molecule has 0 spiro atoms. The van der Waals surface area contributed by atoms with Gasteiger partial charge in [0.15, 0.2) is 11.5 Å². The lowest BCUT2D eigenvalue weighted by molar-refractivity contribution is 0.0694. The average Bonchev–Trinajstić information content (AvgIpc) is 2.55. The van der Waals surface area contributed by atoms with Crippen molar-refractivity contribution in [3.63, 3.8) is 0 Å². The van der Waals surface area contributed by atoms with Gasteiger partial charge >= 0.3 is 5.97 Å². The third-order valence-electron chi connectivity index (χ3n) is 3.19. The minimum absolute atomic E-state index is 0.111. The van der Waals surface area contributed by atoms with Gasteiger partial charge in [0.2, 0.25) is 0 Å². The highest BCUT2D eigenvalue weighted by molar-refractivity contribution is 5.88. The van der Waals surface area contributed by atoms with Crippen molar-refractivity contribution >= 4 is 5.97 Å². The van der Waals surface area contributed by atoms with Crippen LogP contribution in [0.15, 0.2) is 41.7 Å². The zero-order chi connectivity index (χ0) is 17.0. The van der Waals surface area contributed by atoms with Crippen LogP contribution in [-0.4, -0.2) is 35.1 Å². The van der Waals surface area contributed by atoms with Crippen molar-refractivity contribution in [3.05, 3.63) is 52.8 Å². The first-order chi connectivity index (χ1) is 11.0. The van der Waals surface area contributed by atoms with Crippen molar-refractivity contribution in [1.29, 1.82) is 0 Å². The molecule has 7 nitrogen and oxygen atoms in total. The van der Waals surface area contributed by atoms with Gasteiger partial charge in [0.1, 0.15) is 5.56 Å². The maximum Gasteiger partial charge on any atom is 0.341 e. The number of hydrogen-bond donors (Lipinski definition) is 1. The number of carbonyl (C=O) groups is 1. The Balaban J connectivity index is 2.65. The zero-order valence-electron chi connectivity index (χ0n) is 12.8. The lowest BCUT2D eigenvalue weighted by Crippen LogP contribution is -2.28. The summed E-state index contributed by atoms with van der Waals surface area (Å²) in [6.07, 6.45) is 1.47. The molecule has 0 atom stereocenters. The summed E-state index contributed by atoms with van der Waals surface area (Å²) in [6, 6.07) is 6.29. The number of hydrogen-bond acceptors (Lipinski definition) is 5. The van der Waals surface area contributed by atoms with Crippen LogP contribution in [0.25, 0.3) is 11.3 Å². The third kappa shape index (κ3) is 3.23. The van der Waals surface area contributed by atoms with E-state index in [1.165, 1.54) is 26.4 Å². The van der Waals surface area contributed by atoms with Crippen LogP contribution in [0.3, 0.4) is 0 Å². The predicted octanol–water partition coefficient (Wildman–Crippen LogP) is 1.81. The SMILES string of the molecule is C=CCn1nc(-c2ccc(OC)c(OC)c2)cc(C(=O)O)c1=O. The molecule has 1 aromatic carbocycles. The molecule has 2 rings (SSSR count). The largest absolute Gasteiger partial charge is 0.493 e. The number of rotatable bonds is 6. The average molecular weight is 316 g/mol. The van der Waals surface area contributed by atoms with Crippen LogP contribution < -0.4 is 15.0 Å². The van der Waals surface area contributed by atoms with E-state index >= 15 is 0 Å². The van der Waals surface area contributed by atoms with E-state index in [2.05, 4.69) is 11.7 Å². The fourth-order valence-corrected chi connectivity index (χ4v) is 2.08. The highest BCUT2D eigenvalue weighted by Gasteiger charge is 2.16. The topological polar surface area (TPSA) is 90.7 Å². The van der Waals surface area contributed by atoms with Gasteiger partial charge in [-0.15, -0.1) is 6.58 Å². The molecule has 0 bridgehead atoms. The molecule has 1 aromatic heterocycles. The molecule has 2 aromatic rings. The van der Waals surface area contributed by atoms with Crippen molar-refractivity contribution < 1.29 is 19.4 Å². The van der Waals surface area contributed by atoms with Crippen molar-refractivity contribution in [1.82, 2.24) is 9.78 Å². The monoisotopic (exact) mass is 316 g/mol. The number of carboxylic acid groups (broad SMARTS) is 1. The lowest BCUT2D eigenvalue weighted by Gasteiger charge is -2.11. The van der Waals surface area contributed by atoms with E-state index in [1.54, 1.807) is 18.2 Å². The molecule has 0 aliphatic rings. The van der Waals surface area contributed by atoms with Crippen LogP contribution >= 0.6 is 0 Å². The Morgan fingerprint density at radius 3 is 2.57 bits per heavy atom. The Morgan fingerprint density at radius 1 is 1.30 bits per heavy atom. The van der Waals surface area contributed by atoms with Crippen molar-refractivity contribution in [2.45, 2.75) is 6.54 Å². The van der Waals surface area contributed by atoms with Crippen LogP contribution in [0.2, 0.25) is 0 Å². The van der Waals surface area contributed by atoms with Gasteiger partial charge in [-0.3, -0.25) is 4.79 Å². The maximum absolute atomic E-state index is 12.0. The van der Waals surface area contributed by atoms with Crippen molar-refractivity contribution in [2.75, 3.05) is 14.2 Å². The molecule has 120 valence electrons. The van der Waals surface area contributed by atoms with Gasteiger partial charge in [-0.05, 0) is 24.3 Å². The Bertz CT molecular complexity index is 811. The van der Waals surface area contributed by atoms with E-state index < -0.39 is 11.5 Å². The van der Waals surface area contributed by atoms with Crippen molar-refractivity contribution in [3.8, 4) is 22.8 Å². The summed E-state index contributed by atoms with van der Waals surface area (Å²) in [7, 11) is 3.01. The lowest BCUT2D eigenvalue weighted by atomic mass is 10.1. The minimum atomic E-state index is -1.31. The molecular weight excluding hydrogens is 300 g/mol. The van der Waals surface area contributed by atoms with E-state index in [1.807, 2.05) is 0 Å². The summed E-state index contributed by atoms with van der Waals surface area (Å²) in [4.78, 5) is 23.3. The second-order valence-corrected chi connectivity index (χ2v) is 4.59. The first-order valence-corrected chi connectivity index (χ1v) is 6.70. The fraction of sp³-hybridized carbons (Fsp3) is 0.188. The van der Waals surface area contributed by atoms with E-state index in [0.717, 1.165) is 4.68 Å². The van der Waals surface area contributed by atoms with Gasteiger partial charge in [-0.1, -0.05) is 6.08 Å². The number of carboxylic acids is 1. The number of ether oxygens (including phenoxy) is 2. The van der Waals surface area contributed by atoms with Crippen molar-refractivity contribution in [2.24, 2.45) is 0 Å². The van der Waals surface area contributed by atoms with Crippen LogP contribution in [0.1, 0.15) is 10.4 Å². The summed E-state index contributed by atoms with van der Waals surface area (Å²) in [6.45, 7) is 3.65. The number of nitrogens with zero attached hydrogens (tertiary/aromatic N) is 2. The molecule has 1 heterocycles. The molecule has 0 aliphatic heterocycles. The minimum Gasteiger partial charge on any atom is -0.493 e. The molecule has 1 N–H and O–H groups in total. The summed E-state index contributed by atoms with van der Waals surface area (Å²) < 4.78 is 11.4. The molecule has 0 unspecified atom stereocenters. The first kappa shape index (κ1) is 16.3. The second kappa shape index (κ2) is 6.78. The van der Waals surface area contributed by atoms with Gasteiger partial charge in [-0.25, -0.2) is 9.48 Å². The van der Waals surface area contributed by atoms with Gasteiger partial charge in [-0.2, -0.15) is 5.10 Å². The molecule has 7 heteroatoms. The highest BCUT2D eigenvalue weighted by Crippen LogP contribution is 2.31. The van der Waals surface area contributed by atoms with Gasteiger partial charge in [0, 0.05) is 5.56 Å². The molecule has 0 saturated carbocycles. The highest BCUT2D eigenvalue weighted by atomic mass is 16.5. The maximum atomic E-state index is 12.0. The number of aromatic nitrogens is 2. The van der Waals surface area contributed by atoms with Gasteiger partial charge < -0.3 is 14.6 Å². The normalized spacial score (nSPS) is 10.2. The molecule has 23 heavy (non-hydrogen) atoms. The molecule has 0 saturated heterocycles. The molecule has 0 fully saturated rings. The predicted molar refractivity (Wildman–Crippen MR) is 84.2 cm³/mol. The van der Waals surface area contributed by atoms with E-state index in [9.17, 15) is 14.7 Å². The van der Waals surface area contributed by atoms with Crippen LogP contribution in [0.5, 0.6) is 11.5 Å². The standard InChI is InChI=1S/C16H16N2O5/c1-4-7-18-15(19)11(16(20)21)9-12(17-18)10-5-6-13(22-2)14(8-10)23-3/h4-6,8-9H,1,7H2,2-3H3,(H,20,21). The second-order valence-electron chi connectivity index (χ2n) is 4.59. The molecule has 0 amide bonds. The molecular formula is C16H16N2O5. The van der Waals surface area contributed by atoms with E-state index in [-0.39, 0.29) is 12.1 Å². The number of aromatic carboxylic acids is 1. The third-order valence-corrected chi connectivity index (χ3v) is 3.19. The quantitative estimate of drug-likeness (QED) is 0.817. The summed E-state index contributed by atoms with van der Waals surface area (Å²) in [5.41, 5.74) is -0.0963. The smallest absolute Gasteiger partial charge is 0.341 e. The Morgan fingerprint density at radius 2 is 2.00 bits per heavy atom. The van der Waals surface area contributed by atoms with Crippen LogP contribution in [0, 0.1) is 0 Å². The summed E-state index contributed by atoms with van der Waals surface area (Å²) in [5.74, 6) is -0.295. The van der Waals surface area contributed by atoms with Crippen LogP contribution in [0.4, 0.5) is 0 Å². The fourth-order valence-electron chi connectivity index (χ4n) is 2.08. The van der Waals surface area contributed by atoms with Gasteiger partial charge in [0.25, 0.3) is 5.56 Å². The first-order valence-electron chi connectivity index (χ1n) is 6.70. The van der Waals surface area contributed by atoms with E-state index in [0.29, 0.717) is 22.8 Å². The van der Waals surface area contributed by atoms with E-state index in [4.69, 9.17) is 9.47 Å². The molecule has 0 radical (unpaired) electrons. The zero-order valence-corrected chi connectivity index (χ0v) is 12.8. The Labute approximate surface area is 132 Å².